The topological polar surface area (TPSA) is 78.4 Å². The second-order valence-corrected chi connectivity index (χ2v) is 6.85. The van der Waals surface area contributed by atoms with Crippen LogP contribution in [-0.2, 0) is 0 Å². The number of carboxylic acid groups (broad SMARTS) is 1. The molecule has 26 heavy (non-hydrogen) atoms. The standard InChI is InChI=1S/C20H14N2O3S/c23-19(21-14-8-5-12(6-9-14)20(24)25)13-7-10-18-16(11-13)22-15-3-1-2-4-17(15)26-18/h1-11,22H,(H,21,23)(H,24,25). The average molecular weight is 362 g/mol. The van der Waals surface area contributed by atoms with Gasteiger partial charge in [-0.3, -0.25) is 4.79 Å². The number of amides is 1. The molecule has 4 rings (SSSR count). The highest BCUT2D eigenvalue weighted by molar-refractivity contribution is 7.99. The zero-order chi connectivity index (χ0) is 18.1. The van der Waals surface area contributed by atoms with Gasteiger partial charge in [0.1, 0.15) is 0 Å². The molecule has 0 atom stereocenters. The van der Waals surface area contributed by atoms with E-state index in [9.17, 15) is 9.59 Å². The predicted molar refractivity (Wildman–Crippen MR) is 102 cm³/mol. The van der Waals surface area contributed by atoms with Crippen LogP contribution in [0.5, 0.6) is 0 Å². The van der Waals surface area contributed by atoms with Gasteiger partial charge in [0, 0.05) is 21.0 Å². The Morgan fingerprint density at radius 1 is 0.846 bits per heavy atom. The summed E-state index contributed by atoms with van der Waals surface area (Å²) in [5.41, 5.74) is 3.16. The molecule has 0 fully saturated rings. The molecule has 6 heteroatoms. The second kappa shape index (κ2) is 6.57. The summed E-state index contributed by atoms with van der Waals surface area (Å²) in [6, 6.07) is 19.6. The van der Waals surface area contributed by atoms with Gasteiger partial charge in [0.25, 0.3) is 5.91 Å². The molecular formula is C20H14N2O3S. The number of nitrogens with one attached hydrogen (secondary N) is 2. The van der Waals surface area contributed by atoms with E-state index in [1.54, 1.807) is 30.0 Å². The lowest BCUT2D eigenvalue weighted by Crippen LogP contribution is -2.13. The molecule has 1 aliphatic rings. The molecule has 128 valence electrons. The summed E-state index contributed by atoms with van der Waals surface area (Å²) in [4.78, 5) is 25.6. The first-order valence-corrected chi connectivity index (χ1v) is 8.74. The Morgan fingerprint density at radius 2 is 1.54 bits per heavy atom. The molecule has 0 aliphatic carbocycles. The van der Waals surface area contributed by atoms with Crippen LogP contribution < -0.4 is 10.6 Å². The van der Waals surface area contributed by atoms with Crippen molar-refractivity contribution >= 4 is 40.7 Å². The van der Waals surface area contributed by atoms with Crippen molar-refractivity contribution < 1.29 is 14.7 Å². The molecular weight excluding hydrogens is 348 g/mol. The number of carboxylic acids is 1. The van der Waals surface area contributed by atoms with Gasteiger partial charge in [-0.1, -0.05) is 23.9 Å². The summed E-state index contributed by atoms with van der Waals surface area (Å²) in [5.74, 6) is -1.25. The van der Waals surface area contributed by atoms with Gasteiger partial charge in [-0.2, -0.15) is 0 Å². The molecule has 1 heterocycles. The van der Waals surface area contributed by atoms with Crippen molar-refractivity contribution in [3.8, 4) is 0 Å². The molecule has 0 radical (unpaired) electrons. The predicted octanol–water partition coefficient (Wildman–Crippen LogP) is 4.85. The van der Waals surface area contributed by atoms with Crippen molar-refractivity contribution in [3.63, 3.8) is 0 Å². The van der Waals surface area contributed by atoms with E-state index in [-0.39, 0.29) is 11.5 Å². The molecule has 0 unspecified atom stereocenters. The first kappa shape index (κ1) is 16.2. The fourth-order valence-corrected chi connectivity index (χ4v) is 3.65. The maximum absolute atomic E-state index is 12.5. The number of anilines is 3. The minimum atomic E-state index is -0.999. The molecule has 0 aromatic heterocycles. The van der Waals surface area contributed by atoms with Crippen LogP contribution in [0.25, 0.3) is 0 Å². The van der Waals surface area contributed by atoms with Gasteiger partial charge in [-0.05, 0) is 54.6 Å². The van der Waals surface area contributed by atoms with Crippen LogP contribution >= 0.6 is 11.8 Å². The smallest absolute Gasteiger partial charge is 0.335 e. The summed E-state index contributed by atoms with van der Waals surface area (Å²) in [5, 5.41) is 15.1. The van der Waals surface area contributed by atoms with Gasteiger partial charge in [0.2, 0.25) is 0 Å². The largest absolute Gasteiger partial charge is 0.478 e. The SMILES string of the molecule is O=C(O)c1ccc(NC(=O)c2ccc3c(c2)Nc2ccccc2S3)cc1. The number of carbonyl (C=O) groups is 2. The molecule has 3 N–H and O–H groups in total. The molecule has 0 spiro atoms. The Kier molecular flexibility index (Phi) is 4.10. The number of aromatic carboxylic acids is 1. The van der Waals surface area contributed by atoms with Gasteiger partial charge in [0.15, 0.2) is 0 Å². The molecule has 5 nitrogen and oxygen atoms in total. The third-order valence-electron chi connectivity index (χ3n) is 4.01. The quantitative estimate of drug-likeness (QED) is 0.486. The van der Waals surface area contributed by atoms with Crippen LogP contribution in [0.2, 0.25) is 0 Å². The van der Waals surface area contributed by atoms with Crippen molar-refractivity contribution in [2.24, 2.45) is 0 Å². The summed E-state index contributed by atoms with van der Waals surface area (Å²) < 4.78 is 0. The highest BCUT2D eigenvalue weighted by Crippen LogP contribution is 2.44. The normalized spacial score (nSPS) is 11.7. The summed E-state index contributed by atoms with van der Waals surface area (Å²) >= 11 is 1.66. The molecule has 0 saturated heterocycles. The first-order chi connectivity index (χ1) is 12.6. The van der Waals surface area contributed by atoms with Crippen LogP contribution in [0.1, 0.15) is 20.7 Å². The number of benzene rings is 3. The minimum absolute atomic E-state index is 0.177. The van der Waals surface area contributed by atoms with E-state index in [0.717, 1.165) is 21.2 Å². The van der Waals surface area contributed by atoms with Gasteiger partial charge in [0.05, 0.1) is 16.9 Å². The monoisotopic (exact) mass is 362 g/mol. The summed E-state index contributed by atoms with van der Waals surface area (Å²) in [7, 11) is 0. The zero-order valence-corrected chi connectivity index (χ0v) is 14.3. The van der Waals surface area contributed by atoms with Gasteiger partial charge in [-0.15, -0.1) is 0 Å². The Balaban J connectivity index is 1.54. The second-order valence-electron chi connectivity index (χ2n) is 5.77. The van der Waals surface area contributed by atoms with Crippen LogP contribution in [0.3, 0.4) is 0 Å². The van der Waals surface area contributed by atoms with E-state index in [1.807, 2.05) is 30.3 Å². The first-order valence-electron chi connectivity index (χ1n) is 7.93. The highest BCUT2D eigenvalue weighted by atomic mass is 32.2. The van der Waals surface area contributed by atoms with Gasteiger partial charge in [-0.25, -0.2) is 4.79 Å². The lowest BCUT2D eigenvalue weighted by atomic mass is 10.1. The van der Waals surface area contributed by atoms with Crippen molar-refractivity contribution in [1.29, 1.82) is 0 Å². The van der Waals surface area contributed by atoms with Crippen LogP contribution in [0, 0.1) is 0 Å². The lowest BCUT2D eigenvalue weighted by molar-refractivity contribution is 0.0696. The number of carbonyl (C=O) groups excluding carboxylic acids is 1. The molecule has 1 aliphatic heterocycles. The Morgan fingerprint density at radius 3 is 2.31 bits per heavy atom. The zero-order valence-electron chi connectivity index (χ0n) is 13.5. The number of hydrogen-bond acceptors (Lipinski definition) is 4. The summed E-state index contributed by atoms with van der Waals surface area (Å²) in [6.45, 7) is 0. The van der Waals surface area contributed by atoms with E-state index >= 15 is 0 Å². The van der Waals surface area contributed by atoms with Crippen molar-refractivity contribution in [3.05, 3.63) is 77.9 Å². The summed E-state index contributed by atoms with van der Waals surface area (Å²) in [6.07, 6.45) is 0. The fourth-order valence-electron chi connectivity index (χ4n) is 2.68. The number of rotatable bonds is 3. The number of fused-ring (bicyclic) bond motifs is 2. The third kappa shape index (κ3) is 3.14. The van der Waals surface area contributed by atoms with Gasteiger partial charge >= 0.3 is 5.97 Å². The van der Waals surface area contributed by atoms with Crippen LogP contribution in [-0.4, -0.2) is 17.0 Å². The Labute approximate surface area is 154 Å². The average Bonchev–Trinajstić information content (AvgIpc) is 2.66. The van der Waals surface area contributed by atoms with E-state index in [4.69, 9.17) is 5.11 Å². The number of para-hydroxylation sites is 1. The van der Waals surface area contributed by atoms with Gasteiger partial charge < -0.3 is 15.7 Å². The van der Waals surface area contributed by atoms with Crippen molar-refractivity contribution in [2.75, 3.05) is 10.6 Å². The molecule has 3 aromatic rings. The molecule has 0 bridgehead atoms. The van der Waals surface area contributed by atoms with Crippen LogP contribution in [0.15, 0.2) is 76.5 Å². The minimum Gasteiger partial charge on any atom is -0.478 e. The molecule has 0 saturated carbocycles. The Hall–Kier alpha value is -3.25. The third-order valence-corrected chi connectivity index (χ3v) is 5.16. The number of hydrogen-bond donors (Lipinski definition) is 3. The van der Waals surface area contributed by atoms with Crippen molar-refractivity contribution in [2.45, 2.75) is 9.79 Å². The van der Waals surface area contributed by atoms with Crippen molar-refractivity contribution in [1.82, 2.24) is 0 Å². The maximum Gasteiger partial charge on any atom is 0.335 e. The fraction of sp³-hybridized carbons (Fsp3) is 0. The lowest BCUT2D eigenvalue weighted by Gasteiger charge is -2.21. The van der Waals surface area contributed by atoms with E-state index in [2.05, 4.69) is 16.7 Å². The molecule has 3 aromatic carbocycles. The highest BCUT2D eigenvalue weighted by Gasteiger charge is 2.17. The van der Waals surface area contributed by atoms with E-state index < -0.39 is 5.97 Å². The molecule has 1 amide bonds. The maximum atomic E-state index is 12.5. The van der Waals surface area contributed by atoms with E-state index in [1.165, 1.54) is 12.1 Å². The Bertz CT molecular complexity index is 1020. The van der Waals surface area contributed by atoms with Crippen LogP contribution in [0.4, 0.5) is 17.1 Å². The van der Waals surface area contributed by atoms with E-state index in [0.29, 0.717) is 11.3 Å².